The van der Waals surface area contributed by atoms with Gasteiger partial charge < -0.3 is 20.1 Å². The van der Waals surface area contributed by atoms with Crippen LogP contribution in [0.4, 0.5) is 17.2 Å². The van der Waals surface area contributed by atoms with E-state index in [1.165, 1.54) is 43.1 Å². The van der Waals surface area contributed by atoms with Crippen LogP contribution in [0.25, 0.3) is 0 Å². The van der Waals surface area contributed by atoms with Gasteiger partial charge in [0.05, 0.1) is 11.5 Å². The molecule has 0 bridgehead atoms. The van der Waals surface area contributed by atoms with Crippen molar-refractivity contribution < 1.29 is 14.1 Å². The van der Waals surface area contributed by atoms with Gasteiger partial charge in [-0.15, -0.1) is 11.8 Å². The highest BCUT2D eigenvalue weighted by molar-refractivity contribution is 8.00. The first kappa shape index (κ1) is 20.3. The van der Waals surface area contributed by atoms with Crippen LogP contribution in [0.1, 0.15) is 31.4 Å². The van der Waals surface area contributed by atoms with Crippen molar-refractivity contribution in [3.8, 4) is 0 Å². The third-order valence-electron chi connectivity index (χ3n) is 4.48. The van der Waals surface area contributed by atoms with Crippen molar-refractivity contribution in [3.05, 3.63) is 36.1 Å². The standard InChI is InChI=1S/C20H26N4O3S/c1-15-12-18(23-27-15)22-20(26)14-28-13-19(25)21-16-6-8-17(9-7-16)24-10-4-2-3-5-11-24/h6-9,12H,2-5,10-11,13-14H2,1H3,(H,21,25)(H,22,23,26). The zero-order valence-corrected chi connectivity index (χ0v) is 16.9. The average Bonchev–Trinajstić information content (AvgIpc) is 2.92. The highest BCUT2D eigenvalue weighted by Gasteiger charge is 2.11. The molecule has 0 spiro atoms. The molecule has 7 nitrogen and oxygen atoms in total. The normalized spacial score (nSPS) is 14.4. The number of benzene rings is 1. The van der Waals surface area contributed by atoms with E-state index < -0.39 is 0 Å². The molecule has 1 saturated heterocycles. The molecule has 1 aliphatic rings. The number of aromatic nitrogens is 1. The van der Waals surface area contributed by atoms with Gasteiger partial charge in [-0.1, -0.05) is 18.0 Å². The maximum Gasteiger partial charge on any atom is 0.235 e. The molecule has 0 aliphatic carbocycles. The van der Waals surface area contributed by atoms with Gasteiger partial charge in [0, 0.05) is 30.5 Å². The molecule has 3 rings (SSSR count). The predicted molar refractivity (Wildman–Crippen MR) is 113 cm³/mol. The Morgan fingerprint density at radius 2 is 1.68 bits per heavy atom. The van der Waals surface area contributed by atoms with Gasteiger partial charge >= 0.3 is 0 Å². The van der Waals surface area contributed by atoms with Crippen LogP contribution < -0.4 is 15.5 Å². The van der Waals surface area contributed by atoms with Crippen LogP contribution in [0.3, 0.4) is 0 Å². The number of hydrogen-bond donors (Lipinski definition) is 2. The zero-order valence-electron chi connectivity index (χ0n) is 16.1. The van der Waals surface area contributed by atoms with Crippen molar-refractivity contribution in [2.75, 3.05) is 40.1 Å². The second-order valence-corrected chi connectivity index (χ2v) is 7.85. The van der Waals surface area contributed by atoms with Gasteiger partial charge in [-0.3, -0.25) is 9.59 Å². The van der Waals surface area contributed by atoms with Crippen LogP contribution in [0, 0.1) is 6.92 Å². The lowest BCUT2D eigenvalue weighted by molar-refractivity contribution is -0.114. The number of amides is 2. The third-order valence-corrected chi connectivity index (χ3v) is 5.42. The topological polar surface area (TPSA) is 87.5 Å². The summed E-state index contributed by atoms with van der Waals surface area (Å²) in [6.45, 7) is 3.94. The van der Waals surface area contributed by atoms with E-state index in [1.54, 1.807) is 13.0 Å². The number of carbonyl (C=O) groups is 2. The summed E-state index contributed by atoms with van der Waals surface area (Å²) in [7, 11) is 0. The van der Waals surface area contributed by atoms with E-state index in [0.29, 0.717) is 11.6 Å². The number of nitrogens with one attached hydrogen (secondary N) is 2. The summed E-state index contributed by atoms with van der Waals surface area (Å²) in [5.74, 6) is 1.05. The minimum absolute atomic E-state index is 0.127. The van der Waals surface area contributed by atoms with Gasteiger partial charge in [-0.2, -0.15) is 0 Å². The number of rotatable bonds is 7. The lowest BCUT2D eigenvalue weighted by Gasteiger charge is -2.22. The van der Waals surface area contributed by atoms with Crippen LogP contribution in [0.15, 0.2) is 34.9 Å². The van der Waals surface area contributed by atoms with E-state index in [1.807, 2.05) is 12.1 Å². The summed E-state index contributed by atoms with van der Waals surface area (Å²) >= 11 is 1.25. The summed E-state index contributed by atoms with van der Waals surface area (Å²) in [5, 5.41) is 9.20. The lowest BCUT2D eigenvalue weighted by Crippen LogP contribution is -2.23. The van der Waals surface area contributed by atoms with E-state index in [0.717, 1.165) is 18.8 Å². The van der Waals surface area contributed by atoms with Crippen molar-refractivity contribution in [1.29, 1.82) is 0 Å². The second kappa shape index (κ2) is 10.2. The monoisotopic (exact) mass is 402 g/mol. The SMILES string of the molecule is Cc1cc(NC(=O)CSCC(=O)Nc2ccc(N3CCCCCC3)cc2)no1. The van der Waals surface area contributed by atoms with Gasteiger partial charge in [0.1, 0.15) is 5.76 Å². The van der Waals surface area contributed by atoms with Crippen molar-refractivity contribution in [2.45, 2.75) is 32.6 Å². The van der Waals surface area contributed by atoms with Crippen LogP contribution in [0.2, 0.25) is 0 Å². The van der Waals surface area contributed by atoms with Crippen LogP contribution in [0.5, 0.6) is 0 Å². The number of aryl methyl sites for hydroxylation is 1. The summed E-state index contributed by atoms with van der Waals surface area (Å²) in [4.78, 5) is 26.3. The van der Waals surface area contributed by atoms with E-state index >= 15 is 0 Å². The molecule has 2 aromatic rings. The molecule has 1 fully saturated rings. The molecular formula is C20H26N4O3S. The molecule has 1 aromatic heterocycles. The summed E-state index contributed by atoms with van der Waals surface area (Å²) in [6.07, 6.45) is 5.08. The molecule has 2 heterocycles. The Balaban J connectivity index is 1.38. The van der Waals surface area contributed by atoms with Crippen molar-refractivity contribution >= 4 is 40.8 Å². The van der Waals surface area contributed by atoms with E-state index in [-0.39, 0.29) is 23.3 Å². The fourth-order valence-electron chi connectivity index (χ4n) is 3.12. The molecule has 8 heteroatoms. The Hall–Kier alpha value is -2.48. The molecule has 0 atom stereocenters. The van der Waals surface area contributed by atoms with Crippen molar-refractivity contribution in [3.63, 3.8) is 0 Å². The van der Waals surface area contributed by atoms with Crippen molar-refractivity contribution in [1.82, 2.24) is 5.16 Å². The van der Waals surface area contributed by atoms with E-state index in [9.17, 15) is 9.59 Å². The largest absolute Gasteiger partial charge is 0.372 e. The first-order valence-electron chi connectivity index (χ1n) is 9.56. The fourth-order valence-corrected chi connectivity index (χ4v) is 3.74. The molecular weight excluding hydrogens is 376 g/mol. The summed E-state index contributed by atoms with van der Waals surface area (Å²) in [6, 6.07) is 9.62. The second-order valence-electron chi connectivity index (χ2n) is 6.86. The number of hydrogen-bond acceptors (Lipinski definition) is 6. The first-order valence-corrected chi connectivity index (χ1v) is 10.7. The molecule has 2 amide bonds. The summed E-state index contributed by atoms with van der Waals surface area (Å²) < 4.78 is 4.89. The molecule has 0 radical (unpaired) electrons. The zero-order chi connectivity index (χ0) is 19.8. The smallest absolute Gasteiger partial charge is 0.235 e. The Bertz CT molecular complexity index is 783. The average molecular weight is 403 g/mol. The third kappa shape index (κ3) is 6.30. The molecule has 1 aromatic carbocycles. The summed E-state index contributed by atoms with van der Waals surface area (Å²) in [5.41, 5.74) is 1.97. The van der Waals surface area contributed by atoms with Gasteiger partial charge in [0.15, 0.2) is 5.82 Å². The van der Waals surface area contributed by atoms with Crippen molar-refractivity contribution in [2.24, 2.45) is 0 Å². The Labute approximate surface area is 169 Å². The molecule has 28 heavy (non-hydrogen) atoms. The van der Waals surface area contributed by atoms with Gasteiger partial charge in [-0.25, -0.2) is 0 Å². The number of anilines is 3. The van der Waals surface area contributed by atoms with E-state index in [2.05, 4.69) is 32.8 Å². The Kier molecular flexibility index (Phi) is 7.36. The molecule has 150 valence electrons. The molecule has 2 N–H and O–H groups in total. The lowest BCUT2D eigenvalue weighted by atomic mass is 10.2. The predicted octanol–water partition coefficient (Wildman–Crippen LogP) is 3.67. The molecule has 1 aliphatic heterocycles. The quantitative estimate of drug-likeness (QED) is 0.735. The highest BCUT2D eigenvalue weighted by atomic mass is 32.2. The maximum absolute atomic E-state index is 12.1. The number of carbonyl (C=O) groups excluding carboxylic acids is 2. The van der Waals surface area contributed by atoms with E-state index in [4.69, 9.17) is 4.52 Å². The minimum Gasteiger partial charge on any atom is -0.372 e. The maximum atomic E-state index is 12.1. The number of nitrogens with zero attached hydrogens (tertiary/aromatic N) is 2. The first-order chi connectivity index (χ1) is 13.6. The van der Waals surface area contributed by atoms with Gasteiger partial charge in [0.2, 0.25) is 11.8 Å². The highest BCUT2D eigenvalue weighted by Crippen LogP contribution is 2.21. The molecule has 0 saturated carbocycles. The minimum atomic E-state index is -0.215. The van der Waals surface area contributed by atoms with Crippen LogP contribution in [-0.2, 0) is 9.59 Å². The Morgan fingerprint density at radius 3 is 2.29 bits per heavy atom. The van der Waals surface area contributed by atoms with Gasteiger partial charge in [0.25, 0.3) is 0 Å². The fraction of sp³-hybridized carbons (Fsp3) is 0.450. The van der Waals surface area contributed by atoms with Crippen LogP contribution in [-0.4, -0.2) is 41.6 Å². The van der Waals surface area contributed by atoms with Crippen LogP contribution >= 0.6 is 11.8 Å². The Morgan fingerprint density at radius 1 is 1.04 bits per heavy atom. The van der Waals surface area contributed by atoms with Gasteiger partial charge in [-0.05, 0) is 44.0 Å². The molecule has 0 unspecified atom stereocenters. The number of thioether (sulfide) groups is 1.